The highest BCUT2D eigenvalue weighted by molar-refractivity contribution is 5.82. The number of rotatable bonds is 6. The van der Waals surface area contributed by atoms with Crippen LogP contribution in [0.25, 0.3) is 0 Å². The second kappa shape index (κ2) is 5.85. The molecule has 0 radical (unpaired) electrons. The van der Waals surface area contributed by atoms with Gasteiger partial charge in [0, 0.05) is 19.4 Å². The highest BCUT2D eigenvalue weighted by atomic mass is 16.4. The van der Waals surface area contributed by atoms with Gasteiger partial charge in [-0.1, -0.05) is 0 Å². The summed E-state index contributed by atoms with van der Waals surface area (Å²) in [5.74, 6) is -1.05. The van der Waals surface area contributed by atoms with Gasteiger partial charge in [0.1, 0.15) is 5.78 Å². The minimum absolute atomic E-state index is 0.0151. The Morgan fingerprint density at radius 1 is 1.09 bits per heavy atom. The number of carbonyl (C=O) groups is 2. The Balaban J connectivity index is 3.30. The molecule has 4 nitrogen and oxygen atoms in total. The van der Waals surface area contributed by atoms with Crippen molar-refractivity contribution in [3.05, 3.63) is 0 Å². The van der Waals surface area contributed by atoms with E-state index in [9.17, 15) is 9.59 Å². The van der Waals surface area contributed by atoms with Crippen molar-refractivity contribution < 1.29 is 19.8 Å². The number of ketones is 1. The molecule has 0 aromatic heterocycles. The van der Waals surface area contributed by atoms with E-state index in [1.807, 2.05) is 0 Å². The fraction of sp³-hybridized carbons (Fsp3) is 0.714. The number of carboxylic acid groups (broad SMARTS) is 1. The maximum absolute atomic E-state index is 10.7. The van der Waals surface area contributed by atoms with Gasteiger partial charge in [0.15, 0.2) is 0 Å². The molecule has 0 amide bonds. The molecule has 0 aromatic carbocycles. The van der Waals surface area contributed by atoms with Crippen LogP contribution in [-0.4, -0.2) is 28.6 Å². The molecule has 0 aliphatic heterocycles. The topological polar surface area (TPSA) is 74.6 Å². The molecule has 0 rings (SSSR count). The summed E-state index contributed by atoms with van der Waals surface area (Å²) in [7, 11) is 0. The van der Waals surface area contributed by atoms with E-state index in [4.69, 9.17) is 10.2 Å². The summed E-state index contributed by atoms with van der Waals surface area (Å²) in [6.45, 7) is -0.0151. The molecule has 4 heteroatoms. The van der Waals surface area contributed by atoms with E-state index in [0.29, 0.717) is 6.42 Å². The lowest BCUT2D eigenvalue weighted by molar-refractivity contribution is -0.138. The van der Waals surface area contributed by atoms with Crippen LogP contribution in [0.1, 0.15) is 25.7 Å². The number of aliphatic carboxylic acids is 1. The quantitative estimate of drug-likeness (QED) is 0.581. The molecular weight excluding hydrogens is 148 g/mol. The van der Waals surface area contributed by atoms with Crippen LogP contribution in [0.3, 0.4) is 0 Å². The first-order valence-corrected chi connectivity index (χ1v) is 3.51. The van der Waals surface area contributed by atoms with Crippen molar-refractivity contribution in [1.82, 2.24) is 0 Å². The van der Waals surface area contributed by atoms with Crippen molar-refractivity contribution in [3.8, 4) is 0 Å². The average molecular weight is 160 g/mol. The van der Waals surface area contributed by atoms with Crippen molar-refractivity contribution >= 4 is 11.8 Å². The van der Waals surface area contributed by atoms with Crippen LogP contribution in [0.15, 0.2) is 0 Å². The summed E-state index contributed by atoms with van der Waals surface area (Å²) in [5, 5.41) is 16.5. The first-order valence-electron chi connectivity index (χ1n) is 3.51. The van der Waals surface area contributed by atoms with Crippen LogP contribution >= 0.6 is 0 Å². The van der Waals surface area contributed by atoms with Crippen molar-refractivity contribution in [1.29, 1.82) is 0 Å². The Morgan fingerprint density at radius 2 is 1.73 bits per heavy atom. The van der Waals surface area contributed by atoms with Crippen LogP contribution in [0, 0.1) is 0 Å². The molecule has 0 aromatic rings. The summed E-state index contributed by atoms with van der Waals surface area (Å²) in [6.07, 6.45) is 0.682. The molecule has 0 unspecified atom stereocenters. The molecule has 0 heterocycles. The third-order valence-corrected chi connectivity index (χ3v) is 1.23. The second-order valence-electron chi connectivity index (χ2n) is 2.26. The van der Waals surface area contributed by atoms with Crippen molar-refractivity contribution in [2.45, 2.75) is 25.7 Å². The predicted octanol–water partition coefficient (Wildman–Crippen LogP) is 0.193. The zero-order valence-corrected chi connectivity index (χ0v) is 6.25. The fourth-order valence-electron chi connectivity index (χ4n) is 0.648. The Kier molecular flexibility index (Phi) is 5.37. The summed E-state index contributed by atoms with van der Waals surface area (Å²) in [6, 6.07) is 0. The number of aliphatic hydroxyl groups excluding tert-OH is 1. The highest BCUT2D eigenvalue weighted by Gasteiger charge is 2.04. The number of hydrogen-bond donors (Lipinski definition) is 2. The lowest BCUT2D eigenvalue weighted by atomic mass is 10.1. The van der Waals surface area contributed by atoms with E-state index in [-0.39, 0.29) is 31.7 Å². The van der Waals surface area contributed by atoms with Gasteiger partial charge in [0.05, 0.1) is 6.42 Å². The number of carboxylic acids is 1. The largest absolute Gasteiger partial charge is 0.481 e. The van der Waals surface area contributed by atoms with E-state index in [1.165, 1.54) is 0 Å². The molecule has 64 valence electrons. The summed E-state index contributed by atoms with van der Waals surface area (Å²) < 4.78 is 0. The SMILES string of the molecule is O=C(O)CCC(=O)CCCO. The first-order chi connectivity index (χ1) is 5.16. The molecule has 0 saturated carbocycles. The molecule has 11 heavy (non-hydrogen) atoms. The van der Waals surface area contributed by atoms with Gasteiger partial charge in [-0.15, -0.1) is 0 Å². The normalized spacial score (nSPS) is 9.55. The molecule has 0 atom stereocenters. The van der Waals surface area contributed by atoms with Crippen LogP contribution in [0.2, 0.25) is 0 Å². The lowest BCUT2D eigenvalue weighted by Gasteiger charge is -1.95. The van der Waals surface area contributed by atoms with E-state index >= 15 is 0 Å². The van der Waals surface area contributed by atoms with Gasteiger partial charge >= 0.3 is 5.97 Å². The van der Waals surface area contributed by atoms with Gasteiger partial charge in [0.2, 0.25) is 0 Å². The average Bonchev–Trinajstić information content (AvgIpc) is 1.97. The van der Waals surface area contributed by atoms with Gasteiger partial charge in [0.25, 0.3) is 0 Å². The Labute approximate surface area is 64.8 Å². The summed E-state index contributed by atoms with van der Waals surface area (Å²) in [4.78, 5) is 20.7. The number of Topliss-reactive ketones (excluding diaryl/α,β-unsaturated/α-hetero) is 1. The molecule has 0 aliphatic carbocycles. The Bertz CT molecular complexity index is 141. The number of aliphatic hydroxyl groups is 1. The summed E-state index contributed by atoms with van der Waals surface area (Å²) >= 11 is 0. The maximum Gasteiger partial charge on any atom is 0.303 e. The fourth-order valence-corrected chi connectivity index (χ4v) is 0.648. The van der Waals surface area contributed by atoms with Crippen molar-refractivity contribution in [2.75, 3.05) is 6.61 Å². The molecule has 0 bridgehead atoms. The zero-order chi connectivity index (χ0) is 8.69. The first kappa shape index (κ1) is 10.1. The van der Waals surface area contributed by atoms with Gasteiger partial charge in [-0.05, 0) is 6.42 Å². The molecule has 0 fully saturated rings. The molecular formula is C7H12O4. The standard InChI is InChI=1S/C7H12O4/c8-5-1-2-6(9)3-4-7(10)11/h8H,1-5H2,(H,10,11). The Hall–Kier alpha value is -0.900. The Morgan fingerprint density at radius 3 is 2.18 bits per heavy atom. The van der Waals surface area contributed by atoms with Crippen LogP contribution in [0.4, 0.5) is 0 Å². The summed E-state index contributed by atoms with van der Waals surface area (Å²) in [5.41, 5.74) is 0. The number of hydrogen-bond acceptors (Lipinski definition) is 3. The zero-order valence-electron chi connectivity index (χ0n) is 6.25. The molecule has 0 spiro atoms. The minimum Gasteiger partial charge on any atom is -0.481 e. The van der Waals surface area contributed by atoms with Gasteiger partial charge in [-0.25, -0.2) is 0 Å². The number of carbonyl (C=O) groups excluding carboxylic acids is 1. The maximum atomic E-state index is 10.7. The lowest BCUT2D eigenvalue weighted by Crippen LogP contribution is -2.03. The molecule has 2 N–H and O–H groups in total. The third kappa shape index (κ3) is 6.99. The van der Waals surface area contributed by atoms with Crippen molar-refractivity contribution in [3.63, 3.8) is 0 Å². The van der Waals surface area contributed by atoms with Gasteiger partial charge in [-0.3, -0.25) is 9.59 Å². The van der Waals surface area contributed by atoms with Gasteiger partial charge < -0.3 is 10.2 Å². The van der Waals surface area contributed by atoms with Crippen LogP contribution in [-0.2, 0) is 9.59 Å². The van der Waals surface area contributed by atoms with E-state index in [1.54, 1.807) is 0 Å². The molecule has 0 saturated heterocycles. The highest BCUT2D eigenvalue weighted by Crippen LogP contribution is 1.97. The molecule has 0 aliphatic rings. The third-order valence-electron chi connectivity index (χ3n) is 1.23. The van der Waals surface area contributed by atoms with E-state index < -0.39 is 5.97 Å². The van der Waals surface area contributed by atoms with Crippen LogP contribution < -0.4 is 0 Å². The van der Waals surface area contributed by atoms with Gasteiger partial charge in [-0.2, -0.15) is 0 Å². The van der Waals surface area contributed by atoms with E-state index in [2.05, 4.69) is 0 Å². The minimum atomic E-state index is -0.956. The second-order valence-corrected chi connectivity index (χ2v) is 2.26. The van der Waals surface area contributed by atoms with Crippen LogP contribution in [0.5, 0.6) is 0 Å². The predicted molar refractivity (Wildman–Crippen MR) is 38.2 cm³/mol. The van der Waals surface area contributed by atoms with E-state index in [0.717, 1.165) is 0 Å². The smallest absolute Gasteiger partial charge is 0.303 e. The monoisotopic (exact) mass is 160 g/mol. The van der Waals surface area contributed by atoms with Crippen molar-refractivity contribution in [2.24, 2.45) is 0 Å².